The van der Waals surface area contributed by atoms with Gasteiger partial charge in [-0.25, -0.2) is 23.6 Å². The summed E-state index contributed by atoms with van der Waals surface area (Å²) >= 11 is 0. The largest absolute Gasteiger partial charge is 0.473 e. The van der Waals surface area contributed by atoms with Crippen LogP contribution in [0, 0.1) is 17.1 Å². The number of fused-ring (bicyclic) bond motifs is 1. The first kappa shape index (κ1) is 23.7. The van der Waals surface area contributed by atoms with Crippen molar-refractivity contribution in [1.82, 2.24) is 39.8 Å². The third-order valence-electron chi connectivity index (χ3n) is 5.18. The third kappa shape index (κ3) is 5.01. The Kier molecular flexibility index (Phi) is 6.33. The van der Waals surface area contributed by atoms with E-state index in [9.17, 15) is 18.4 Å². The lowest BCUT2D eigenvalue weighted by molar-refractivity contribution is -0.0501. The van der Waals surface area contributed by atoms with Crippen LogP contribution in [0.4, 0.5) is 13.2 Å². The van der Waals surface area contributed by atoms with E-state index in [2.05, 4.69) is 35.3 Å². The van der Waals surface area contributed by atoms with Crippen LogP contribution in [0.5, 0.6) is 11.6 Å². The van der Waals surface area contributed by atoms with Gasteiger partial charge in [-0.2, -0.15) is 19.1 Å². The number of hydrogen-bond donors (Lipinski definition) is 0. The number of ether oxygens (including phenoxy) is 2. The molecule has 0 radical (unpaired) electrons. The summed E-state index contributed by atoms with van der Waals surface area (Å²) in [6.45, 7) is -0.978. The molecule has 5 rings (SSSR count). The Hall–Kier alpha value is -5.06. The zero-order chi connectivity index (χ0) is 25.9. The molecule has 1 unspecified atom stereocenters. The molecule has 1 aromatic carbocycles. The molecular weight excluding hydrogens is 491 g/mol. The third-order valence-corrected chi connectivity index (χ3v) is 5.18. The van der Waals surface area contributed by atoms with E-state index in [0.717, 1.165) is 12.1 Å². The predicted octanol–water partition coefficient (Wildman–Crippen LogP) is 3.52. The summed E-state index contributed by atoms with van der Waals surface area (Å²) in [6, 6.07) is 12.1. The van der Waals surface area contributed by atoms with E-state index in [1.54, 1.807) is 36.4 Å². The van der Waals surface area contributed by atoms with Crippen LogP contribution in [0.3, 0.4) is 0 Å². The lowest BCUT2D eigenvalue weighted by atomic mass is 10.0. The first-order chi connectivity index (χ1) is 17.9. The van der Waals surface area contributed by atoms with Crippen LogP contribution in [0.15, 0.2) is 55.0 Å². The quantitative estimate of drug-likeness (QED) is 0.310. The van der Waals surface area contributed by atoms with E-state index in [0.29, 0.717) is 29.5 Å². The van der Waals surface area contributed by atoms with E-state index < -0.39 is 18.2 Å². The Bertz CT molecular complexity index is 1600. The molecule has 0 N–H and O–H groups in total. The SMILES string of the molecule is CC(Cn1cnnn1)Oc1cccc(-c2ccc3ncc(-c4cc(F)cc(OC(F)F)c4C#N)n3n2)n1. The van der Waals surface area contributed by atoms with Crippen LogP contribution in [-0.2, 0) is 6.54 Å². The van der Waals surface area contributed by atoms with Gasteiger partial charge in [0.1, 0.15) is 41.3 Å². The molecule has 11 nitrogen and oxygen atoms in total. The van der Waals surface area contributed by atoms with Crippen LogP contribution < -0.4 is 9.47 Å². The Labute approximate surface area is 206 Å². The maximum Gasteiger partial charge on any atom is 0.387 e. The topological polar surface area (TPSA) is 129 Å². The molecule has 4 aromatic heterocycles. The molecule has 0 saturated carbocycles. The molecule has 0 amide bonds. The maximum atomic E-state index is 14.3. The highest BCUT2D eigenvalue weighted by Crippen LogP contribution is 2.33. The van der Waals surface area contributed by atoms with Gasteiger partial charge in [0, 0.05) is 17.7 Å². The van der Waals surface area contributed by atoms with Crippen molar-refractivity contribution in [3.63, 3.8) is 0 Å². The van der Waals surface area contributed by atoms with Crippen LogP contribution in [-0.4, -0.2) is 52.5 Å². The fourth-order valence-corrected chi connectivity index (χ4v) is 3.68. The fourth-order valence-electron chi connectivity index (χ4n) is 3.68. The molecule has 14 heteroatoms. The minimum atomic E-state index is -3.23. The van der Waals surface area contributed by atoms with Crippen LogP contribution in [0.1, 0.15) is 12.5 Å². The number of benzene rings is 1. The van der Waals surface area contributed by atoms with Crippen LogP contribution in [0.2, 0.25) is 0 Å². The van der Waals surface area contributed by atoms with E-state index in [1.165, 1.54) is 21.7 Å². The molecule has 4 heterocycles. The van der Waals surface area contributed by atoms with Gasteiger partial charge in [0.2, 0.25) is 5.88 Å². The standard InChI is InChI=1S/C23H16F3N9O2/c1-13(11-34-12-29-32-33-34)36-22-4-2-3-17(30-22)18-5-6-21-28-10-19(35(21)31-18)15-7-14(24)8-20(16(15)9-27)37-23(25)26/h2-8,10,12-13,23H,11H2,1H3. The number of alkyl halides is 2. The normalized spacial score (nSPS) is 12.0. The maximum absolute atomic E-state index is 14.3. The Balaban J connectivity index is 1.50. The van der Waals surface area contributed by atoms with Crippen LogP contribution in [0.25, 0.3) is 28.3 Å². The molecular formula is C23H16F3N9O2. The smallest absolute Gasteiger partial charge is 0.387 e. The first-order valence-electron chi connectivity index (χ1n) is 10.8. The second-order valence-corrected chi connectivity index (χ2v) is 7.77. The van der Waals surface area contributed by atoms with Crippen molar-refractivity contribution in [3.05, 3.63) is 66.4 Å². The van der Waals surface area contributed by atoms with Crippen molar-refractivity contribution < 1.29 is 22.6 Å². The fraction of sp³-hybridized carbons (Fsp3) is 0.174. The number of rotatable bonds is 8. The average Bonchev–Trinajstić information content (AvgIpc) is 3.53. The summed E-state index contributed by atoms with van der Waals surface area (Å²) < 4.78 is 53.1. The molecule has 0 spiro atoms. The highest BCUT2D eigenvalue weighted by molar-refractivity contribution is 5.73. The number of imidazole rings is 1. The van der Waals surface area contributed by atoms with E-state index in [1.807, 2.05) is 6.92 Å². The van der Waals surface area contributed by atoms with Crippen molar-refractivity contribution in [2.24, 2.45) is 0 Å². The first-order valence-corrected chi connectivity index (χ1v) is 10.8. The number of nitriles is 1. The van der Waals surface area contributed by atoms with Gasteiger partial charge in [0.05, 0.1) is 24.1 Å². The van der Waals surface area contributed by atoms with Crippen molar-refractivity contribution in [2.75, 3.05) is 0 Å². The summed E-state index contributed by atoms with van der Waals surface area (Å²) in [7, 11) is 0. The molecule has 5 aromatic rings. The molecule has 0 bridgehead atoms. The van der Waals surface area contributed by atoms with Gasteiger partial charge in [0.25, 0.3) is 0 Å². The molecule has 0 aliphatic heterocycles. The predicted molar refractivity (Wildman–Crippen MR) is 121 cm³/mol. The van der Waals surface area contributed by atoms with Gasteiger partial charge in [-0.3, -0.25) is 0 Å². The number of aromatic nitrogens is 8. The van der Waals surface area contributed by atoms with Crippen molar-refractivity contribution in [3.8, 4) is 40.3 Å². The van der Waals surface area contributed by atoms with Gasteiger partial charge < -0.3 is 9.47 Å². The second-order valence-electron chi connectivity index (χ2n) is 7.77. The monoisotopic (exact) mass is 507 g/mol. The second kappa shape index (κ2) is 9.90. The zero-order valence-electron chi connectivity index (χ0n) is 19.0. The van der Waals surface area contributed by atoms with Crippen LogP contribution >= 0.6 is 0 Å². The number of halogens is 3. The summed E-state index contributed by atoms with van der Waals surface area (Å²) in [5, 5.41) is 25.1. The van der Waals surface area contributed by atoms with Crippen molar-refractivity contribution in [1.29, 1.82) is 5.26 Å². The van der Waals surface area contributed by atoms with Crippen molar-refractivity contribution in [2.45, 2.75) is 26.2 Å². The van der Waals surface area contributed by atoms with Gasteiger partial charge >= 0.3 is 6.61 Å². The molecule has 0 fully saturated rings. The molecule has 0 saturated heterocycles. The number of pyridine rings is 1. The van der Waals surface area contributed by atoms with Gasteiger partial charge in [-0.05, 0) is 41.6 Å². The average molecular weight is 507 g/mol. The molecule has 0 aliphatic carbocycles. The number of nitrogens with zero attached hydrogens (tertiary/aromatic N) is 9. The summed E-state index contributed by atoms with van der Waals surface area (Å²) in [4.78, 5) is 8.74. The van der Waals surface area contributed by atoms with E-state index in [4.69, 9.17) is 4.74 Å². The minimum absolute atomic E-state index is 0.00299. The van der Waals surface area contributed by atoms with Gasteiger partial charge in [-0.1, -0.05) is 6.07 Å². The molecule has 0 aliphatic rings. The van der Waals surface area contributed by atoms with E-state index in [-0.39, 0.29) is 22.9 Å². The van der Waals surface area contributed by atoms with E-state index >= 15 is 0 Å². The lowest BCUT2D eigenvalue weighted by Gasteiger charge is -2.14. The Morgan fingerprint density at radius 3 is 2.73 bits per heavy atom. The minimum Gasteiger partial charge on any atom is -0.473 e. The lowest BCUT2D eigenvalue weighted by Crippen LogP contribution is -2.20. The molecule has 1 atom stereocenters. The Morgan fingerprint density at radius 2 is 1.97 bits per heavy atom. The summed E-state index contributed by atoms with van der Waals surface area (Å²) in [5.74, 6) is -1.10. The van der Waals surface area contributed by atoms with Gasteiger partial charge in [-0.15, -0.1) is 5.10 Å². The Morgan fingerprint density at radius 1 is 1.11 bits per heavy atom. The molecule has 37 heavy (non-hydrogen) atoms. The summed E-state index contributed by atoms with van der Waals surface area (Å²) in [6.07, 6.45) is 2.55. The highest BCUT2D eigenvalue weighted by Gasteiger charge is 2.20. The molecule has 186 valence electrons. The number of tetrazole rings is 1. The summed E-state index contributed by atoms with van der Waals surface area (Å²) in [5.41, 5.74) is 1.19. The van der Waals surface area contributed by atoms with Crippen molar-refractivity contribution >= 4 is 5.65 Å². The highest BCUT2D eigenvalue weighted by atomic mass is 19.3. The number of hydrogen-bond acceptors (Lipinski definition) is 9. The zero-order valence-corrected chi connectivity index (χ0v) is 19.0. The van der Waals surface area contributed by atoms with Gasteiger partial charge in [0.15, 0.2) is 5.65 Å².